The van der Waals surface area contributed by atoms with E-state index in [2.05, 4.69) is 22.0 Å². The van der Waals surface area contributed by atoms with Crippen molar-refractivity contribution in [2.24, 2.45) is 0 Å². The zero-order valence-corrected chi connectivity index (χ0v) is 10.8. The summed E-state index contributed by atoms with van der Waals surface area (Å²) in [5.74, 6) is -0.401. The fraction of sp³-hybridized carbons (Fsp3) is 0.333. The number of benzene rings is 1. The van der Waals surface area contributed by atoms with Crippen molar-refractivity contribution in [2.75, 3.05) is 5.75 Å². The Labute approximate surface area is 113 Å². The lowest BCUT2D eigenvalue weighted by Crippen LogP contribution is -2.19. The third-order valence-corrected chi connectivity index (χ3v) is 3.07. The molecule has 0 amide bonds. The number of hydrogen-bond donors (Lipinski definition) is 4. The normalized spacial score (nSPS) is 14.5. The Morgan fingerprint density at radius 1 is 1.32 bits per heavy atom. The molecule has 2 aromatic rings. The number of aromatic amines is 1. The van der Waals surface area contributed by atoms with Crippen LogP contribution in [0, 0.1) is 0 Å². The van der Waals surface area contributed by atoms with Gasteiger partial charge in [-0.25, -0.2) is 9.59 Å². The first-order valence-corrected chi connectivity index (χ1v) is 6.30. The van der Waals surface area contributed by atoms with Crippen molar-refractivity contribution in [1.29, 1.82) is 0 Å². The maximum absolute atomic E-state index is 11.5. The predicted octanol–water partition coefficient (Wildman–Crippen LogP) is 0.196. The molecule has 0 aliphatic heterocycles. The van der Waals surface area contributed by atoms with E-state index in [0.717, 1.165) is 0 Å². The first-order valence-electron chi connectivity index (χ1n) is 5.67. The molecule has 2 unspecified atom stereocenters. The van der Waals surface area contributed by atoms with E-state index in [1.807, 2.05) is 0 Å². The minimum absolute atomic E-state index is 0.147. The number of thiol groups is 1. The van der Waals surface area contributed by atoms with E-state index < -0.39 is 23.6 Å². The second kappa shape index (κ2) is 5.60. The smallest absolute Gasteiger partial charge is 0.390 e. The summed E-state index contributed by atoms with van der Waals surface area (Å²) in [5, 5.41) is 19.8. The monoisotopic (exact) mass is 283 g/mol. The minimum Gasteiger partial charge on any atom is -0.390 e. The number of aliphatic hydroxyl groups excluding tert-OH is 2. The highest BCUT2D eigenvalue weighted by Gasteiger charge is 2.18. The first kappa shape index (κ1) is 13.9. The van der Waals surface area contributed by atoms with E-state index in [1.54, 1.807) is 0 Å². The highest BCUT2D eigenvalue weighted by molar-refractivity contribution is 7.80. The fourth-order valence-corrected chi connectivity index (χ4v) is 2.08. The molecule has 6 nitrogen and oxygen atoms in total. The standard InChI is InChI=1S/C12H13NO5S/c14-9(3-4-19)10(15)6-1-2-8-7(5-6)11(16)18-12(17)13-8/h1-2,5,9-10,14-15,19H,3-4H2,(H,13,17). The van der Waals surface area contributed by atoms with Gasteiger partial charge < -0.3 is 14.6 Å². The Bertz CT molecular complexity index is 692. The number of aliphatic hydroxyl groups is 2. The van der Waals surface area contributed by atoms with Crippen molar-refractivity contribution in [2.45, 2.75) is 18.6 Å². The molecule has 3 N–H and O–H groups in total. The van der Waals surface area contributed by atoms with Crippen LogP contribution in [0.1, 0.15) is 18.1 Å². The lowest BCUT2D eigenvalue weighted by atomic mass is 10.0. The quantitative estimate of drug-likeness (QED) is 0.600. The summed E-state index contributed by atoms with van der Waals surface area (Å²) in [6.07, 6.45) is -1.77. The molecule has 19 heavy (non-hydrogen) atoms. The topological polar surface area (TPSA) is 104 Å². The van der Waals surface area contributed by atoms with Crippen LogP contribution in [0.3, 0.4) is 0 Å². The van der Waals surface area contributed by atoms with E-state index in [-0.39, 0.29) is 5.39 Å². The van der Waals surface area contributed by atoms with Gasteiger partial charge >= 0.3 is 11.4 Å². The lowest BCUT2D eigenvalue weighted by Gasteiger charge is -2.17. The van der Waals surface area contributed by atoms with Gasteiger partial charge in [-0.05, 0) is 29.9 Å². The van der Waals surface area contributed by atoms with Gasteiger partial charge in [-0.3, -0.25) is 4.98 Å². The molecule has 0 saturated heterocycles. The van der Waals surface area contributed by atoms with Crippen LogP contribution in [0.25, 0.3) is 10.9 Å². The molecule has 1 heterocycles. The van der Waals surface area contributed by atoms with Gasteiger partial charge in [0.2, 0.25) is 0 Å². The summed E-state index contributed by atoms with van der Waals surface area (Å²) in [5.41, 5.74) is -0.0847. The Hall–Kier alpha value is -1.57. The molecule has 0 saturated carbocycles. The third-order valence-electron chi connectivity index (χ3n) is 2.82. The van der Waals surface area contributed by atoms with Crippen molar-refractivity contribution >= 4 is 23.5 Å². The van der Waals surface area contributed by atoms with E-state index in [4.69, 9.17) is 0 Å². The van der Waals surface area contributed by atoms with Crippen LogP contribution in [0.5, 0.6) is 0 Å². The molecule has 1 aromatic carbocycles. The van der Waals surface area contributed by atoms with Gasteiger partial charge in [0.15, 0.2) is 0 Å². The van der Waals surface area contributed by atoms with Crippen molar-refractivity contribution in [3.63, 3.8) is 0 Å². The van der Waals surface area contributed by atoms with Crippen LogP contribution in [0.15, 0.2) is 32.2 Å². The maximum atomic E-state index is 11.5. The van der Waals surface area contributed by atoms with Crippen LogP contribution in [-0.2, 0) is 0 Å². The summed E-state index contributed by atoms with van der Waals surface area (Å²) < 4.78 is 4.41. The minimum atomic E-state index is -1.12. The zero-order chi connectivity index (χ0) is 14.0. The zero-order valence-electron chi connectivity index (χ0n) is 9.87. The molecule has 1 aromatic heterocycles. The van der Waals surface area contributed by atoms with Crippen molar-refractivity contribution in [1.82, 2.24) is 4.98 Å². The van der Waals surface area contributed by atoms with E-state index in [9.17, 15) is 19.8 Å². The number of aromatic nitrogens is 1. The first-order chi connectivity index (χ1) is 9.02. The fourth-order valence-electron chi connectivity index (χ4n) is 1.81. The maximum Gasteiger partial charge on any atom is 0.419 e. The molecule has 0 radical (unpaired) electrons. The molecular weight excluding hydrogens is 270 g/mol. The third kappa shape index (κ3) is 2.89. The van der Waals surface area contributed by atoms with Crippen LogP contribution in [0.2, 0.25) is 0 Å². The summed E-state index contributed by atoms with van der Waals surface area (Å²) >= 11 is 3.98. The molecule has 2 atom stereocenters. The molecule has 0 aliphatic carbocycles. The lowest BCUT2D eigenvalue weighted by molar-refractivity contribution is 0.0173. The van der Waals surface area contributed by atoms with Gasteiger partial charge in [-0.1, -0.05) is 6.07 Å². The van der Waals surface area contributed by atoms with E-state index in [1.165, 1.54) is 18.2 Å². The highest BCUT2D eigenvalue weighted by atomic mass is 32.1. The van der Waals surface area contributed by atoms with Crippen molar-refractivity contribution < 1.29 is 14.6 Å². The van der Waals surface area contributed by atoms with Crippen molar-refractivity contribution in [3.8, 4) is 0 Å². The predicted molar refractivity (Wildman–Crippen MR) is 72.5 cm³/mol. The largest absolute Gasteiger partial charge is 0.419 e. The molecule has 0 bridgehead atoms. The summed E-state index contributed by atoms with van der Waals surface area (Å²) in [7, 11) is 0. The molecule has 0 spiro atoms. The Balaban J connectivity index is 2.47. The average Bonchev–Trinajstić information content (AvgIpc) is 2.37. The Morgan fingerprint density at radius 3 is 2.74 bits per heavy atom. The van der Waals surface area contributed by atoms with Gasteiger partial charge in [0, 0.05) is 0 Å². The molecule has 7 heteroatoms. The van der Waals surface area contributed by atoms with Gasteiger partial charge in [0.05, 0.1) is 17.0 Å². The number of H-pyrrole nitrogens is 1. The van der Waals surface area contributed by atoms with Gasteiger partial charge in [0.25, 0.3) is 0 Å². The van der Waals surface area contributed by atoms with E-state index in [0.29, 0.717) is 23.3 Å². The Morgan fingerprint density at radius 2 is 2.05 bits per heavy atom. The van der Waals surface area contributed by atoms with Crippen LogP contribution < -0.4 is 11.4 Å². The molecule has 2 rings (SSSR count). The molecule has 0 fully saturated rings. The van der Waals surface area contributed by atoms with Crippen molar-refractivity contribution in [3.05, 3.63) is 44.7 Å². The summed E-state index contributed by atoms with van der Waals surface area (Å²) in [4.78, 5) is 24.9. The molecule has 0 aliphatic rings. The van der Waals surface area contributed by atoms with Crippen LogP contribution >= 0.6 is 12.6 Å². The average molecular weight is 283 g/mol. The molecule has 102 valence electrons. The number of rotatable bonds is 4. The molecular formula is C12H13NO5S. The summed E-state index contributed by atoms with van der Waals surface area (Å²) in [6, 6.07) is 4.41. The number of fused-ring (bicyclic) bond motifs is 1. The highest BCUT2D eigenvalue weighted by Crippen LogP contribution is 2.21. The SMILES string of the molecule is O=c1[nH]c2ccc(C(O)C(O)CCS)cc2c(=O)o1. The van der Waals surface area contributed by atoms with Crippen LogP contribution in [-0.4, -0.2) is 27.1 Å². The second-order valence-electron chi connectivity index (χ2n) is 4.13. The van der Waals surface area contributed by atoms with Gasteiger partial charge in [-0.2, -0.15) is 12.6 Å². The number of nitrogens with one attached hydrogen (secondary N) is 1. The van der Waals surface area contributed by atoms with Gasteiger partial charge in [-0.15, -0.1) is 0 Å². The van der Waals surface area contributed by atoms with E-state index >= 15 is 0 Å². The van der Waals surface area contributed by atoms with Crippen LogP contribution in [0.4, 0.5) is 0 Å². The van der Waals surface area contributed by atoms with Gasteiger partial charge in [0.1, 0.15) is 6.10 Å². The summed E-state index contributed by atoms with van der Waals surface area (Å²) in [6.45, 7) is 0. The second-order valence-corrected chi connectivity index (χ2v) is 4.58. The number of hydrogen-bond acceptors (Lipinski definition) is 6. The Kier molecular flexibility index (Phi) is 4.08.